The summed E-state index contributed by atoms with van der Waals surface area (Å²) in [6.45, 7) is 4.81. The van der Waals surface area contributed by atoms with Crippen molar-refractivity contribution in [3.63, 3.8) is 0 Å². The Kier molecular flexibility index (Phi) is 5.37. The molecule has 2 aromatic carbocycles. The van der Waals surface area contributed by atoms with Gasteiger partial charge in [-0.25, -0.2) is 14.4 Å². The van der Waals surface area contributed by atoms with Gasteiger partial charge in [-0.05, 0) is 38.0 Å². The van der Waals surface area contributed by atoms with Crippen molar-refractivity contribution in [3.05, 3.63) is 72.2 Å². The third-order valence-electron chi connectivity index (χ3n) is 4.61. The topological polar surface area (TPSA) is 67.7 Å². The molecule has 4 rings (SSSR count). The van der Waals surface area contributed by atoms with Crippen molar-refractivity contribution in [1.82, 2.24) is 19.5 Å². The van der Waals surface area contributed by atoms with Gasteiger partial charge in [0.15, 0.2) is 5.65 Å². The average Bonchev–Trinajstić information content (AvgIpc) is 3.08. The Morgan fingerprint density at radius 2 is 1.76 bits per heavy atom. The molecular weight excluding hydrogens is 367 g/mol. The normalized spacial score (nSPS) is 11.2. The highest BCUT2D eigenvalue weighted by molar-refractivity contribution is 5.76. The summed E-state index contributed by atoms with van der Waals surface area (Å²) in [4.78, 5) is 13.6. The van der Waals surface area contributed by atoms with E-state index >= 15 is 0 Å². The zero-order valence-electron chi connectivity index (χ0n) is 16.4. The van der Waals surface area contributed by atoms with Crippen LogP contribution in [0.4, 0.5) is 22.0 Å². The van der Waals surface area contributed by atoms with Crippen LogP contribution in [-0.4, -0.2) is 26.1 Å². The summed E-state index contributed by atoms with van der Waals surface area (Å²) < 4.78 is 16.0. The van der Waals surface area contributed by atoms with Gasteiger partial charge in [0.2, 0.25) is 11.9 Å². The molecule has 0 saturated carbocycles. The molecule has 0 radical (unpaired) electrons. The molecule has 0 fully saturated rings. The van der Waals surface area contributed by atoms with Gasteiger partial charge in [0, 0.05) is 12.6 Å². The molecule has 2 heterocycles. The second-order valence-corrected chi connectivity index (χ2v) is 7.07. The van der Waals surface area contributed by atoms with E-state index in [-0.39, 0.29) is 11.9 Å². The van der Waals surface area contributed by atoms with E-state index in [4.69, 9.17) is 0 Å². The molecule has 0 aliphatic rings. The third kappa shape index (κ3) is 4.18. The van der Waals surface area contributed by atoms with E-state index in [9.17, 15) is 4.39 Å². The lowest BCUT2D eigenvalue weighted by atomic mass is 10.1. The van der Waals surface area contributed by atoms with Gasteiger partial charge >= 0.3 is 0 Å². The molecule has 6 nitrogen and oxygen atoms in total. The quantitative estimate of drug-likeness (QED) is 0.468. The van der Waals surface area contributed by atoms with Gasteiger partial charge in [-0.3, -0.25) is 4.57 Å². The zero-order valence-corrected chi connectivity index (χ0v) is 16.4. The Balaban J connectivity index is 1.58. The highest BCUT2D eigenvalue weighted by Crippen LogP contribution is 2.26. The predicted molar refractivity (Wildman–Crippen MR) is 114 cm³/mol. The molecule has 29 heavy (non-hydrogen) atoms. The van der Waals surface area contributed by atoms with Crippen LogP contribution in [-0.2, 0) is 6.42 Å². The number of benzene rings is 2. The van der Waals surface area contributed by atoms with Crippen LogP contribution in [0.1, 0.15) is 25.5 Å². The van der Waals surface area contributed by atoms with Crippen LogP contribution in [0.2, 0.25) is 0 Å². The van der Waals surface area contributed by atoms with Crippen molar-refractivity contribution in [3.8, 4) is 0 Å². The number of anilines is 3. The van der Waals surface area contributed by atoms with Gasteiger partial charge in [-0.15, -0.1) is 0 Å². The van der Waals surface area contributed by atoms with Crippen LogP contribution in [0.15, 0.2) is 60.8 Å². The first-order valence-electron chi connectivity index (χ1n) is 9.66. The van der Waals surface area contributed by atoms with Crippen LogP contribution in [0, 0.1) is 5.82 Å². The number of hydrogen-bond acceptors (Lipinski definition) is 5. The third-order valence-corrected chi connectivity index (χ3v) is 4.61. The van der Waals surface area contributed by atoms with Gasteiger partial charge in [0.1, 0.15) is 11.3 Å². The first kappa shape index (κ1) is 18.9. The van der Waals surface area contributed by atoms with Gasteiger partial charge in [0.25, 0.3) is 0 Å². The number of aromatic nitrogens is 4. The van der Waals surface area contributed by atoms with Crippen molar-refractivity contribution >= 4 is 28.7 Å². The summed E-state index contributed by atoms with van der Waals surface area (Å²) in [5.74, 6) is 0.757. The van der Waals surface area contributed by atoms with Crippen LogP contribution in [0.25, 0.3) is 11.2 Å². The summed E-state index contributed by atoms with van der Waals surface area (Å²) in [6.07, 6.45) is 2.57. The molecular formula is C22H23FN6. The van der Waals surface area contributed by atoms with E-state index in [1.807, 2.05) is 36.6 Å². The summed E-state index contributed by atoms with van der Waals surface area (Å²) in [6, 6.07) is 16.9. The molecule has 4 aromatic rings. The predicted octanol–water partition coefficient (Wildman–Crippen LogP) is 4.94. The van der Waals surface area contributed by atoms with E-state index in [1.165, 1.54) is 11.6 Å². The van der Waals surface area contributed by atoms with E-state index in [1.54, 1.807) is 24.4 Å². The Bertz CT molecular complexity index is 1110. The van der Waals surface area contributed by atoms with E-state index < -0.39 is 0 Å². The number of nitrogens with one attached hydrogen (secondary N) is 2. The Labute approximate surface area is 168 Å². The van der Waals surface area contributed by atoms with E-state index in [0.29, 0.717) is 28.7 Å². The highest BCUT2D eigenvalue weighted by atomic mass is 19.1. The maximum atomic E-state index is 14.1. The fourth-order valence-corrected chi connectivity index (χ4v) is 3.20. The van der Waals surface area contributed by atoms with Crippen molar-refractivity contribution in [2.75, 3.05) is 17.2 Å². The van der Waals surface area contributed by atoms with Crippen molar-refractivity contribution in [1.29, 1.82) is 0 Å². The van der Waals surface area contributed by atoms with E-state index in [2.05, 4.69) is 37.7 Å². The lowest BCUT2D eigenvalue weighted by Crippen LogP contribution is -2.10. The minimum absolute atomic E-state index is 0.0846. The number of fused-ring (bicyclic) bond motifs is 1. The number of hydrogen-bond donors (Lipinski definition) is 2. The maximum absolute atomic E-state index is 14.1. The first-order valence-corrected chi connectivity index (χ1v) is 9.66. The van der Waals surface area contributed by atoms with Gasteiger partial charge in [-0.2, -0.15) is 4.98 Å². The summed E-state index contributed by atoms with van der Waals surface area (Å²) in [5, 5.41) is 6.36. The molecule has 0 aliphatic carbocycles. The number of halogens is 1. The van der Waals surface area contributed by atoms with Crippen molar-refractivity contribution < 1.29 is 4.39 Å². The molecule has 0 saturated heterocycles. The van der Waals surface area contributed by atoms with Crippen LogP contribution in [0.3, 0.4) is 0 Å². The molecule has 0 atom stereocenters. The monoisotopic (exact) mass is 390 g/mol. The minimum Gasteiger partial charge on any atom is -0.354 e. The maximum Gasteiger partial charge on any atom is 0.224 e. The largest absolute Gasteiger partial charge is 0.354 e. The minimum atomic E-state index is -0.329. The van der Waals surface area contributed by atoms with Gasteiger partial charge < -0.3 is 10.6 Å². The summed E-state index contributed by atoms with van der Waals surface area (Å²) in [7, 11) is 0. The van der Waals surface area contributed by atoms with Gasteiger partial charge in [0.05, 0.1) is 11.9 Å². The number of imidazole rings is 1. The molecule has 0 bridgehead atoms. The number of rotatable bonds is 7. The molecule has 0 aliphatic heterocycles. The van der Waals surface area contributed by atoms with Crippen LogP contribution in [0.5, 0.6) is 0 Å². The molecule has 0 amide bonds. The fraction of sp³-hybridized carbons (Fsp3) is 0.227. The van der Waals surface area contributed by atoms with E-state index in [0.717, 1.165) is 13.0 Å². The smallest absolute Gasteiger partial charge is 0.224 e. The molecule has 0 spiro atoms. The van der Waals surface area contributed by atoms with Crippen LogP contribution < -0.4 is 10.6 Å². The van der Waals surface area contributed by atoms with Crippen LogP contribution >= 0.6 is 0 Å². The van der Waals surface area contributed by atoms with Crippen molar-refractivity contribution in [2.45, 2.75) is 26.3 Å². The summed E-state index contributed by atoms with van der Waals surface area (Å²) in [5.41, 5.74) is 2.99. The summed E-state index contributed by atoms with van der Waals surface area (Å²) >= 11 is 0. The SMILES string of the molecule is CC(C)n1c(Nc2ccccc2F)nc2cnc(NCCc3ccccc3)nc21. The lowest BCUT2D eigenvalue weighted by Gasteiger charge is -2.14. The van der Waals surface area contributed by atoms with Gasteiger partial charge in [-0.1, -0.05) is 42.5 Å². The first-order chi connectivity index (χ1) is 14.1. The molecule has 2 aromatic heterocycles. The standard InChI is InChI=1S/C22H23FN6/c1-15(2)29-20-19(27-22(29)26-18-11-7-6-10-17(18)23)14-25-21(28-20)24-13-12-16-8-4-3-5-9-16/h3-11,14-15H,12-13H2,1-2H3,(H,26,27)(H,24,25,28). The molecule has 2 N–H and O–H groups in total. The Morgan fingerprint density at radius 1 is 1.00 bits per heavy atom. The Morgan fingerprint density at radius 3 is 2.52 bits per heavy atom. The fourth-order valence-electron chi connectivity index (χ4n) is 3.20. The highest BCUT2D eigenvalue weighted by Gasteiger charge is 2.17. The molecule has 148 valence electrons. The molecule has 0 unspecified atom stereocenters. The average molecular weight is 390 g/mol. The number of para-hydroxylation sites is 1. The molecule has 7 heteroatoms. The zero-order chi connectivity index (χ0) is 20.2. The lowest BCUT2D eigenvalue weighted by molar-refractivity contribution is 0.615. The number of nitrogens with zero attached hydrogens (tertiary/aromatic N) is 4. The second kappa shape index (κ2) is 8.26. The Hall–Kier alpha value is -3.48. The second-order valence-electron chi connectivity index (χ2n) is 7.07. The van der Waals surface area contributed by atoms with Crippen molar-refractivity contribution in [2.24, 2.45) is 0 Å².